The minimum Gasteiger partial charge on any atom is -0.494 e. The second kappa shape index (κ2) is 7.32. The van der Waals surface area contributed by atoms with Crippen molar-refractivity contribution in [1.29, 1.82) is 0 Å². The maximum absolute atomic E-state index is 12.9. The molecule has 3 N–H and O–H groups in total. The molecule has 8 nitrogen and oxygen atoms in total. The van der Waals surface area contributed by atoms with Gasteiger partial charge in [0.15, 0.2) is 17.9 Å². The summed E-state index contributed by atoms with van der Waals surface area (Å²) in [4.78, 5) is 39.2. The van der Waals surface area contributed by atoms with Crippen molar-refractivity contribution in [2.45, 2.75) is 6.92 Å². The first-order valence-corrected chi connectivity index (χ1v) is 9.13. The second-order valence-corrected chi connectivity index (χ2v) is 6.90. The number of fused-ring (bicyclic) bond motifs is 1. The topological polar surface area (TPSA) is 117 Å². The van der Waals surface area contributed by atoms with Crippen LogP contribution >= 0.6 is 0 Å². The molecule has 4 rings (SSSR count). The molecule has 0 saturated heterocycles. The standard InChI is InChI=1S/C22H18N4O4/c1-12-17(10-23-26(12)2)21(29)24-15-5-3-4-13(8-15)20(28)14-6-7-16-18(11-27)22(30)25-19(16)9-14/h3-11,25,30H,1-2H3,(H,24,29). The molecule has 0 bridgehead atoms. The van der Waals surface area contributed by atoms with Gasteiger partial charge in [0.05, 0.1) is 17.3 Å². The number of rotatable bonds is 5. The Kier molecular flexibility index (Phi) is 4.67. The minimum atomic E-state index is -0.310. The van der Waals surface area contributed by atoms with Crippen molar-refractivity contribution >= 4 is 34.6 Å². The molecule has 2 heterocycles. The van der Waals surface area contributed by atoms with Crippen LogP contribution in [0.3, 0.4) is 0 Å². The van der Waals surface area contributed by atoms with Crippen LogP contribution < -0.4 is 5.32 Å². The number of nitrogens with one attached hydrogen (secondary N) is 2. The Morgan fingerprint density at radius 2 is 1.93 bits per heavy atom. The van der Waals surface area contributed by atoms with Crippen LogP contribution in [0.5, 0.6) is 5.88 Å². The summed E-state index contributed by atoms with van der Waals surface area (Å²) in [5.74, 6) is -0.804. The lowest BCUT2D eigenvalue weighted by Crippen LogP contribution is -2.13. The largest absolute Gasteiger partial charge is 0.494 e. The predicted octanol–water partition coefficient (Wildman–Crippen LogP) is 3.21. The van der Waals surface area contributed by atoms with E-state index < -0.39 is 0 Å². The lowest BCUT2D eigenvalue weighted by atomic mass is 10.0. The number of nitrogens with zero attached hydrogens (tertiary/aromatic N) is 2. The van der Waals surface area contributed by atoms with E-state index in [1.807, 2.05) is 0 Å². The number of carbonyl (C=O) groups excluding carboxylic acids is 3. The van der Waals surface area contributed by atoms with E-state index in [0.717, 1.165) is 5.69 Å². The third-order valence-corrected chi connectivity index (χ3v) is 5.06. The number of benzene rings is 2. The van der Waals surface area contributed by atoms with Gasteiger partial charge >= 0.3 is 0 Å². The average molecular weight is 402 g/mol. The van der Waals surface area contributed by atoms with Crippen LogP contribution in [-0.4, -0.2) is 37.8 Å². The van der Waals surface area contributed by atoms with E-state index in [2.05, 4.69) is 15.4 Å². The molecule has 0 fully saturated rings. The van der Waals surface area contributed by atoms with Crippen LogP contribution in [0.2, 0.25) is 0 Å². The number of hydrogen-bond acceptors (Lipinski definition) is 5. The number of ketones is 1. The lowest BCUT2D eigenvalue weighted by Gasteiger charge is -2.07. The Labute approximate surface area is 171 Å². The molecule has 2 aromatic heterocycles. The summed E-state index contributed by atoms with van der Waals surface area (Å²) in [6, 6.07) is 11.4. The Morgan fingerprint density at radius 3 is 2.63 bits per heavy atom. The summed E-state index contributed by atoms with van der Waals surface area (Å²) < 4.78 is 1.61. The summed E-state index contributed by atoms with van der Waals surface area (Å²) >= 11 is 0. The Hall–Kier alpha value is -4.20. The molecule has 1 amide bonds. The van der Waals surface area contributed by atoms with Crippen LogP contribution in [0.1, 0.15) is 42.3 Å². The summed E-state index contributed by atoms with van der Waals surface area (Å²) in [6.45, 7) is 1.80. The van der Waals surface area contributed by atoms with Gasteiger partial charge < -0.3 is 15.4 Å². The van der Waals surface area contributed by atoms with Crippen LogP contribution in [0.15, 0.2) is 48.7 Å². The normalized spacial score (nSPS) is 10.9. The molecule has 0 radical (unpaired) electrons. The maximum atomic E-state index is 12.9. The zero-order valence-corrected chi connectivity index (χ0v) is 16.3. The first kappa shape index (κ1) is 19.1. The number of aldehydes is 1. The van der Waals surface area contributed by atoms with E-state index in [0.29, 0.717) is 39.6 Å². The number of hydrogen-bond donors (Lipinski definition) is 3. The van der Waals surface area contributed by atoms with Gasteiger partial charge in [-0.25, -0.2) is 0 Å². The number of amides is 1. The first-order valence-electron chi connectivity index (χ1n) is 9.13. The van der Waals surface area contributed by atoms with Gasteiger partial charge in [-0.3, -0.25) is 19.1 Å². The molecule has 4 aromatic rings. The van der Waals surface area contributed by atoms with Gasteiger partial charge in [0, 0.05) is 40.5 Å². The molecule has 0 unspecified atom stereocenters. The smallest absolute Gasteiger partial charge is 0.259 e. The van der Waals surface area contributed by atoms with Gasteiger partial charge in [0.2, 0.25) is 0 Å². The highest BCUT2D eigenvalue weighted by molar-refractivity contribution is 6.12. The van der Waals surface area contributed by atoms with Crippen LogP contribution in [0.25, 0.3) is 10.9 Å². The molecular formula is C22H18N4O4. The summed E-state index contributed by atoms with van der Waals surface area (Å²) in [6.07, 6.45) is 2.06. The molecule has 0 atom stereocenters. The molecule has 150 valence electrons. The second-order valence-electron chi connectivity index (χ2n) is 6.90. The molecular weight excluding hydrogens is 384 g/mol. The number of aromatic amines is 1. The van der Waals surface area contributed by atoms with Crippen molar-refractivity contribution in [3.8, 4) is 5.88 Å². The number of carbonyl (C=O) groups is 3. The molecule has 0 aliphatic carbocycles. The third kappa shape index (κ3) is 3.24. The van der Waals surface area contributed by atoms with Gasteiger partial charge in [-0.1, -0.05) is 24.3 Å². The van der Waals surface area contributed by atoms with Crippen molar-refractivity contribution in [2.24, 2.45) is 7.05 Å². The molecule has 30 heavy (non-hydrogen) atoms. The zero-order valence-electron chi connectivity index (χ0n) is 16.3. The monoisotopic (exact) mass is 402 g/mol. The van der Waals surface area contributed by atoms with Crippen LogP contribution in [0, 0.1) is 6.92 Å². The minimum absolute atomic E-state index is 0.152. The highest BCUT2D eigenvalue weighted by Gasteiger charge is 2.16. The van der Waals surface area contributed by atoms with Gasteiger partial charge in [0.25, 0.3) is 5.91 Å². The number of aromatic nitrogens is 3. The van der Waals surface area contributed by atoms with Crippen LogP contribution in [-0.2, 0) is 7.05 Å². The summed E-state index contributed by atoms with van der Waals surface area (Å²) in [7, 11) is 1.75. The van der Waals surface area contributed by atoms with Crippen molar-refractivity contribution in [3.63, 3.8) is 0 Å². The fourth-order valence-electron chi connectivity index (χ4n) is 3.29. The number of aryl methyl sites for hydroxylation is 1. The molecule has 0 aliphatic rings. The SMILES string of the molecule is Cc1c(C(=O)Nc2cccc(C(=O)c3ccc4c(C=O)c(O)[nH]c4c3)c2)cnn1C. The Bertz CT molecular complexity index is 1320. The highest BCUT2D eigenvalue weighted by Crippen LogP contribution is 2.27. The lowest BCUT2D eigenvalue weighted by molar-refractivity contribution is 0.102. The zero-order chi connectivity index (χ0) is 21.4. The molecule has 0 spiro atoms. The summed E-state index contributed by atoms with van der Waals surface area (Å²) in [5.41, 5.74) is 3.08. The average Bonchev–Trinajstić information content (AvgIpc) is 3.24. The summed E-state index contributed by atoms with van der Waals surface area (Å²) in [5, 5.41) is 17.2. The fraction of sp³-hybridized carbons (Fsp3) is 0.0909. The quantitative estimate of drug-likeness (QED) is 0.350. The van der Waals surface area contributed by atoms with E-state index in [1.54, 1.807) is 61.1 Å². The van der Waals surface area contributed by atoms with Crippen molar-refractivity contribution in [1.82, 2.24) is 14.8 Å². The fourth-order valence-corrected chi connectivity index (χ4v) is 3.29. The number of anilines is 1. The molecule has 8 heteroatoms. The first-order chi connectivity index (χ1) is 14.4. The molecule has 0 aliphatic heterocycles. The Balaban J connectivity index is 1.61. The van der Waals surface area contributed by atoms with Gasteiger partial charge in [-0.2, -0.15) is 5.10 Å². The predicted molar refractivity (Wildman–Crippen MR) is 111 cm³/mol. The van der Waals surface area contributed by atoms with Crippen molar-refractivity contribution < 1.29 is 19.5 Å². The van der Waals surface area contributed by atoms with E-state index in [1.165, 1.54) is 6.20 Å². The Morgan fingerprint density at radius 1 is 1.17 bits per heavy atom. The van der Waals surface area contributed by atoms with Crippen molar-refractivity contribution in [2.75, 3.05) is 5.32 Å². The van der Waals surface area contributed by atoms with E-state index >= 15 is 0 Å². The van der Waals surface area contributed by atoms with Crippen molar-refractivity contribution in [3.05, 3.63) is 76.6 Å². The van der Waals surface area contributed by atoms with Gasteiger partial charge in [-0.05, 0) is 25.1 Å². The third-order valence-electron chi connectivity index (χ3n) is 5.06. The van der Waals surface area contributed by atoms with E-state index in [4.69, 9.17) is 0 Å². The van der Waals surface area contributed by atoms with E-state index in [-0.39, 0.29) is 23.1 Å². The number of aromatic hydroxyl groups is 1. The highest BCUT2D eigenvalue weighted by atomic mass is 16.3. The van der Waals surface area contributed by atoms with Crippen LogP contribution in [0.4, 0.5) is 5.69 Å². The number of H-pyrrole nitrogens is 1. The van der Waals surface area contributed by atoms with Gasteiger partial charge in [-0.15, -0.1) is 0 Å². The van der Waals surface area contributed by atoms with E-state index in [9.17, 15) is 19.5 Å². The maximum Gasteiger partial charge on any atom is 0.259 e. The molecule has 0 saturated carbocycles. The van der Waals surface area contributed by atoms with Gasteiger partial charge in [0.1, 0.15) is 0 Å². The molecule has 2 aromatic carbocycles.